The van der Waals surface area contributed by atoms with E-state index in [9.17, 15) is 4.79 Å². The summed E-state index contributed by atoms with van der Waals surface area (Å²) in [4.78, 5) is 17.0. The van der Waals surface area contributed by atoms with Gasteiger partial charge in [0.05, 0.1) is 12.8 Å². The van der Waals surface area contributed by atoms with Crippen LogP contribution in [0.4, 0.5) is 0 Å². The predicted molar refractivity (Wildman–Crippen MR) is 110 cm³/mol. The van der Waals surface area contributed by atoms with E-state index in [4.69, 9.17) is 9.84 Å². The number of fused-ring (bicyclic) bond motifs is 1. The highest BCUT2D eigenvalue weighted by Crippen LogP contribution is 2.28. The van der Waals surface area contributed by atoms with E-state index < -0.39 is 0 Å². The van der Waals surface area contributed by atoms with Crippen LogP contribution in [-0.2, 0) is 19.4 Å². The lowest BCUT2D eigenvalue weighted by Crippen LogP contribution is -2.24. The van der Waals surface area contributed by atoms with Crippen molar-refractivity contribution in [2.75, 3.05) is 7.11 Å². The minimum absolute atomic E-state index is 0.150. The summed E-state index contributed by atoms with van der Waals surface area (Å²) in [6.45, 7) is 0.399. The first-order chi connectivity index (χ1) is 13.7. The molecule has 7 heteroatoms. The highest BCUT2D eigenvalue weighted by Gasteiger charge is 2.25. The van der Waals surface area contributed by atoms with Gasteiger partial charge >= 0.3 is 0 Å². The summed E-state index contributed by atoms with van der Waals surface area (Å²) >= 11 is 3.52. The first kappa shape index (κ1) is 18.7. The summed E-state index contributed by atoms with van der Waals surface area (Å²) in [5.74, 6) is 0.380. The van der Waals surface area contributed by atoms with Gasteiger partial charge in [0.25, 0.3) is 5.91 Å². The van der Waals surface area contributed by atoms with Crippen molar-refractivity contribution in [3.05, 3.63) is 69.6 Å². The first-order valence-corrected chi connectivity index (χ1v) is 10.1. The highest BCUT2D eigenvalue weighted by molar-refractivity contribution is 9.10. The van der Waals surface area contributed by atoms with E-state index in [0.717, 1.165) is 52.7 Å². The molecule has 0 saturated carbocycles. The van der Waals surface area contributed by atoms with Crippen molar-refractivity contribution in [3.63, 3.8) is 0 Å². The van der Waals surface area contributed by atoms with Crippen molar-refractivity contribution in [3.8, 4) is 11.6 Å². The molecule has 0 spiro atoms. The number of methoxy groups -OCH3 is 1. The molecule has 6 nitrogen and oxygen atoms in total. The number of hydrogen-bond donors (Lipinski definition) is 1. The largest absolute Gasteiger partial charge is 0.481 e. The van der Waals surface area contributed by atoms with E-state index in [1.165, 1.54) is 0 Å². The van der Waals surface area contributed by atoms with Gasteiger partial charge in [-0.05, 0) is 55.5 Å². The maximum absolute atomic E-state index is 12.9. The molecule has 0 atom stereocenters. The molecule has 2 heterocycles. The van der Waals surface area contributed by atoms with Gasteiger partial charge in [0.2, 0.25) is 5.88 Å². The molecule has 0 unspecified atom stereocenters. The Kier molecular flexibility index (Phi) is 5.43. The predicted octanol–water partition coefficient (Wildman–Crippen LogP) is 3.85. The van der Waals surface area contributed by atoms with Crippen molar-refractivity contribution in [2.45, 2.75) is 32.2 Å². The molecule has 3 aromatic rings. The van der Waals surface area contributed by atoms with E-state index in [1.54, 1.807) is 13.3 Å². The van der Waals surface area contributed by atoms with E-state index >= 15 is 0 Å². The van der Waals surface area contributed by atoms with Crippen molar-refractivity contribution >= 4 is 21.8 Å². The molecule has 1 amide bonds. The second-order valence-corrected chi connectivity index (χ2v) is 7.68. The fourth-order valence-corrected chi connectivity index (χ4v) is 3.93. The average Bonchev–Trinajstić information content (AvgIpc) is 3.12. The van der Waals surface area contributed by atoms with Crippen LogP contribution in [0.3, 0.4) is 0 Å². The number of halogens is 1. The Morgan fingerprint density at radius 1 is 1.25 bits per heavy atom. The van der Waals surface area contributed by atoms with Gasteiger partial charge in [-0.2, -0.15) is 5.10 Å². The van der Waals surface area contributed by atoms with Crippen LogP contribution in [0.1, 0.15) is 40.2 Å². The highest BCUT2D eigenvalue weighted by atomic mass is 79.9. The number of hydrogen-bond acceptors (Lipinski definition) is 4. The van der Waals surface area contributed by atoms with Gasteiger partial charge < -0.3 is 10.1 Å². The van der Waals surface area contributed by atoms with Crippen LogP contribution < -0.4 is 10.1 Å². The third kappa shape index (κ3) is 3.80. The number of nitrogens with one attached hydrogen (secondary N) is 1. The van der Waals surface area contributed by atoms with Crippen LogP contribution in [-0.4, -0.2) is 27.8 Å². The molecule has 1 N–H and O–H groups in total. The number of nitrogens with zero attached hydrogens (tertiary/aromatic N) is 3. The molecule has 1 aliphatic rings. The number of pyridine rings is 1. The van der Waals surface area contributed by atoms with Crippen molar-refractivity contribution in [1.82, 2.24) is 20.1 Å². The Hall–Kier alpha value is -2.67. The molecule has 1 aromatic carbocycles. The molecule has 0 aliphatic heterocycles. The number of benzene rings is 1. The van der Waals surface area contributed by atoms with Gasteiger partial charge in [0.1, 0.15) is 0 Å². The third-order valence-electron chi connectivity index (χ3n) is 4.91. The van der Waals surface area contributed by atoms with Gasteiger partial charge in [-0.15, -0.1) is 0 Å². The number of amides is 1. The lowest BCUT2D eigenvalue weighted by atomic mass is 9.95. The minimum Gasteiger partial charge on any atom is -0.481 e. The smallest absolute Gasteiger partial charge is 0.272 e. The fourth-order valence-electron chi connectivity index (χ4n) is 3.54. The van der Waals surface area contributed by atoms with Crippen LogP contribution in [0.5, 0.6) is 5.88 Å². The van der Waals surface area contributed by atoms with Crippen LogP contribution in [0.2, 0.25) is 0 Å². The van der Waals surface area contributed by atoms with Crippen LogP contribution >= 0.6 is 15.9 Å². The maximum Gasteiger partial charge on any atom is 0.272 e. The summed E-state index contributed by atoms with van der Waals surface area (Å²) in [6.07, 6.45) is 5.69. The van der Waals surface area contributed by atoms with E-state index in [-0.39, 0.29) is 5.91 Å². The van der Waals surface area contributed by atoms with Gasteiger partial charge in [-0.1, -0.05) is 22.0 Å². The lowest BCUT2D eigenvalue weighted by molar-refractivity contribution is 0.0944. The van der Waals surface area contributed by atoms with Crippen molar-refractivity contribution in [2.24, 2.45) is 0 Å². The Bertz CT molecular complexity index is 1020. The summed E-state index contributed by atoms with van der Waals surface area (Å²) in [6, 6.07) is 11.7. The fraction of sp³-hybridized carbons (Fsp3) is 0.286. The molecule has 28 heavy (non-hydrogen) atoms. The zero-order valence-corrected chi connectivity index (χ0v) is 17.2. The zero-order valence-electron chi connectivity index (χ0n) is 15.6. The van der Waals surface area contributed by atoms with Crippen molar-refractivity contribution in [1.29, 1.82) is 0 Å². The van der Waals surface area contributed by atoms with Gasteiger partial charge in [-0.25, -0.2) is 9.67 Å². The molecule has 0 bridgehead atoms. The lowest BCUT2D eigenvalue weighted by Gasteiger charge is -2.14. The van der Waals surface area contributed by atoms with Crippen molar-refractivity contribution < 1.29 is 9.53 Å². The summed E-state index contributed by atoms with van der Waals surface area (Å²) in [5.41, 5.74) is 4.62. The standard InChI is InChI=1S/C21H21BrN4O2/c1-28-19-11-14(9-10-23-19)13-24-21(27)20-17-7-2-3-8-18(17)26(25-20)16-6-4-5-15(22)12-16/h4-6,9-12H,2-3,7-8,13H2,1H3,(H,24,27). The van der Waals surface area contributed by atoms with E-state index in [0.29, 0.717) is 18.1 Å². The Morgan fingerprint density at radius 3 is 2.93 bits per heavy atom. The third-order valence-corrected chi connectivity index (χ3v) is 5.40. The summed E-state index contributed by atoms with van der Waals surface area (Å²) in [5, 5.41) is 7.68. The SMILES string of the molecule is COc1cc(CNC(=O)c2nn(-c3cccc(Br)c3)c3c2CCCC3)ccn1. The molecule has 0 fully saturated rings. The van der Waals surface area contributed by atoms with Gasteiger partial charge in [0, 0.05) is 34.5 Å². The summed E-state index contributed by atoms with van der Waals surface area (Å²) in [7, 11) is 1.57. The molecule has 144 valence electrons. The normalized spacial score (nSPS) is 13.1. The Labute approximate surface area is 172 Å². The van der Waals surface area contributed by atoms with Gasteiger partial charge in [-0.3, -0.25) is 4.79 Å². The molecule has 0 radical (unpaired) electrons. The van der Waals surface area contributed by atoms with Crippen LogP contribution in [0.15, 0.2) is 47.1 Å². The zero-order chi connectivity index (χ0) is 19.5. The quantitative estimate of drug-likeness (QED) is 0.653. The molecule has 2 aromatic heterocycles. The Balaban J connectivity index is 1.61. The molecular formula is C21H21BrN4O2. The van der Waals surface area contributed by atoms with Crippen LogP contribution in [0.25, 0.3) is 5.69 Å². The Morgan fingerprint density at radius 2 is 2.11 bits per heavy atom. The van der Waals surface area contributed by atoms with Crippen LogP contribution in [0, 0.1) is 0 Å². The number of ether oxygens (including phenoxy) is 1. The number of aromatic nitrogens is 3. The second-order valence-electron chi connectivity index (χ2n) is 6.76. The maximum atomic E-state index is 12.9. The molecular weight excluding hydrogens is 420 g/mol. The number of carbonyl (C=O) groups is 1. The van der Waals surface area contributed by atoms with Gasteiger partial charge in [0.15, 0.2) is 5.69 Å². The first-order valence-electron chi connectivity index (χ1n) is 9.29. The van der Waals surface area contributed by atoms with E-state index in [2.05, 4.69) is 26.2 Å². The van der Waals surface area contributed by atoms with E-state index in [1.807, 2.05) is 41.1 Å². The second kappa shape index (κ2) is 8.14. The number of carbonyl (C=O) groups excluding carboxylic acids is 1. The molecule has 1 aliphatic carbocycles. The number of rotatable bonds is 5. The molecule has 0 saturated heterocycles. The summed E-state index contributed by atoms with van der Waals surface area (Å²) < 4.78 is 8.05. The topological polar surface area (TPSA) is 69.0 Å². The minimum atomic E-state index is -0.150. The average molecular weight is 441 g/mol. The monoisotopic (exact) mass is 440 g/mol. The molecule has 4 rings (SSSR count).